The summed E-state index contributed by atoms with van der Waals surface area (Å²) in [5.74, 6) is -3.30. The van der Waals surface area contributed by atoms with E-state index in [0.717, 1.165) is 27.9 Å². The fourth-order valence-electron chi connectivity index (χ4n) is 4.04. The molecular weight excluding hydrogens is 482 g/mol. The lowest BCUT2D eigenvalue weighted by molar-refractivity contribution is -0.514. The van der Waals surface area contributed by atoms with Crippen molar-refractivity contribution in [1.29, 1.82) is 0 Å². The van der Waals surface area contributed by atoms with Gasteiger partial charge in [0.05, 0.1) is 18.3 Å². The molecule has 0 fully saturated rings. The van der Waals surface area contributed by atoms with Crippen LogP contribution in [-0.2, 0) is 11.2 Å². The molecule has 2 atom stereocenters. The van der Waals surface area contributed by atoms with E-state index in [-0.39, 0.29) is 11.7 Å². The summed E-state index contributed by atoms with van der Waals surface area (Å²) < 4.78 is 46.6. The highest BCUT2D eigenvalue weighted by atomic mass is 19.4. The summed E-state index contributed by atoms with van der Waals surface area (Å²) in [5, 5.41) is 22.2. The predicted octanol–water partition coefficient (Wildman–Crippen LogP) is 2.25. The Bertz CT molecular complexity index is 1420. The molecule has 0 saturated carbocycles. The maximum Gasteiger partial charge on any atom is 0.430 e. The number of hydrogen-bond donors (Lipinski definition) is 3. The zero-order valence-electron chi connectivity index (χ0n) is 18.4. The maximum absolute atomic E-state index is 13.3. The van der Waals surface area contributed by atoms with Crippen LogP contribution in [0, 0.1) is 5.82 Å². The van der Waals surface area contributed by atoms with Gasteiger partial charge in [-0.2, -0.15) is 17.6 Å². The molecule has 4 aromatic rings. The SMILES string of the molecule is O=C(N[C@@H]1c2ccccc2C[C@@H]1O)c1[nH]c(-c2ccc(F)cc2)c2cccc[n+]12.O=C([O-])C(F)(F)F. The number of H-pyrrole nitrogens is 1. The number of alkyl halides is 3. The minimum atomic E-state index is -5.19. The number of aliphatic hydroxyl groups excluding tert-OH is 1. The summed E-state index contributed by atoms with van der Waals surface area (Å²) in [6, 6.07) is 19.0. The number of nitrogens with zero attached hydrogens (tertiary/aromatic N) is 1. The minimum Gasteiger partial charge on any atom is -0.542 e. The number of imidazole rings is 1. The summed E-state index contributed by atoms with van der Waals surface area (Å²) >= 11 is 0. The fourth-order valence-corrected chi connectivity index (χ4v) is 4.04. The van der Waals surface area contributed by atoms with Gasteiger partial charge in [0.15, 0.2) is 11.2 Å². The second-order valence-corrected chi connectivity index (χ2v) is 8.02. The Labute approximate surface area is 201 Å². The number of carboxylic acids is 1. The number of hydrogen-bond acceptors (Lipinski definition) is 4. The monoisotopic (exact) mass is 501 g/mol. The van der Waals surface area contributed by atoms with Gasteiger partial charge in [0.2, 0.25) is 0 Å². The fraction of sp³-hybridized carbons (Fsp3) is 0.160. The molecule has 2 aromatic heterocycles. The number of aromatic amines is 1. The third-order valence-electron chi connectivity index (χ3n) is 5.67. The zero-order chi connectivity index (χ0) is 26.0. The second kappa shape index (κ2) is 9.78. The molecule has 0 saturated heterocycles. The number of amides is 1. The van der Waals surface area contributed by atoms with Crippen molar-refractivity contribution in [3.05, 3.63) is 95.7 Å². The average Bonchev–Trinajstić information content (AvgIpc) is 3.37. The molecule has 0 bridgehead atoms. The van der Waals surface area contributed by atoms with E-state index < -0.39 is 24.3 Å². The van der Waals surface area contributed by atoms with Crippen molar-refractivity contribution in [2.75, 3.05) is 0 Å². The molecule has 0 aliphatic heterocycles. The van der Waals surface area contributed by atoms with E-state index in [0.29, 0.717) is 12.2 Å². The van der Waals surface area contributed by atoms with Crippen LogP contribution in [0.1, 0.15) is 27.8 Å². The third-order valence-corrected chi connectivity index (χ3v) is 5.67. The number of fused-ring (bicyclic) bond motifs is 2. The number of aromatic nitrogens is 2. The molecule has 2 aromatic carbocycles. The molecule has 5 rings (SSSR count). The van der Waals surface area contributed by atoms with Gasteiger partial charge in [-0.1, -0.05) is 30.3 Å². The van der Waals surface area contributed by atoms with Crippen LogP contribution >= 0.6 is 0 Å². The Morgan fingerprint density at radius 1 is 1.03 bits per heavy atom. The van der Waals surface area contributed by atoms with Crippen LogP contribution in [-0.4, -0.2) is 34.2 Å². The van der Waals surface area contributed by atoms with Crippen molar-refractivity contribution in [1.82, 2.24) is 10.3 Å². The van der Waals surface area contributed by atoms with Crippen LogP contribution < -0.4 is 14.8 Å². The number of pyridine rings is 1. The Morgan fingerprint density at radius 3 is 2.33 bits per heavy atom. The standard InChI is InChI=1S/C23H18FN3O2.C2HF3O2/c24-16-10-8-14(9-11-16)20-18-7-3-4-12-27(18)22(25-20)23(29)26-21-17-6-2-1-5-15(17)13-19(21)28;3-2(4,5)1(6)7/h1-12,19,21,28H,13H2,(H,26,29);(H,6,7)/t19-,21+;/m0./s1. The smallest absolute Gasteiger partial charge is 0.430 e. The van der Waals surface area contributed by atoms with E-state index in [1.54, 1.807) is 22.7 Å². The molecule has 36 heavy (non-hydrogen) atoms. The maximum atomic E-state index is 13.3. The zero-order valence-corrected chi connectivity index (χ0v) is 18.4. The molecule has 11 heteroatoms. The van der Waals surface area contributed by atoms with E-state index in [1.165, 1.54) is 12.1 Å². The van der Waals surface area contributed by atoms with E-state index >= 15 is 0 Å². The van der Waals surface area contributed by atoms with Crippen molar-refractivity contribution in [2.24, 2.45) is 0 Å². The van der Waals surface area contributed by atoms with E-state index in [2.05, 4.69) is 10.3 Å². The number of nitrogens with one attached hydrogen (secondary N) is 2. The summed E-state index contributed by atoms with van der Waals surface area (Å²) in [5.41, 5.74) is 4.29. The Hall–Kier alpha value is -4.25. The Balaban J connectivity index is 0.000000384. The minimum absolute atomic E-state index is 0.316. The van der Waals surface area contributed by atoms with Gasteiger partial charge in [-0.05, 0) is 47.5 Å². The molecule has 7 nitrogen and oxygen atoms in total. The number of halogens is 4. The van der Waals surface area contributed by atoms with Crippen molar-refractivity contribution in [3.63, 3.8) is 0 Å². The number of aliphatic hydroxyl groups is 1. The summed E-state index contributed by atoms with van der Waals surface area (Å²) in [4.78, 5) is 25.1. The average molecular weight is 501 g/mol. The van der Waals surface area contributed by atoms with Gasteiger partial charge in [-0.25, -0.2) is 9.37 Å². The first-order chi connectivity index (χ1) is 17.1. The van der Waals surface area contributed by atoms with Crippen molar-refractivity contribution < 1.29 is 41.8 Å². The molecule has 186 valence electrons. The first-order valence-corrected chi connectivity index (χ1v) is 10.7. The molecule has 0 spiro atoms. The molecule has 1 aliphatic rings. The highest BCUT2D eigenvalue weighted by Gasteiger charge is 2.35. The highest BCUT2D eigenvalue weighted by molar-refractivity contribution is 5.92. The molecule has 3 N–H and O–H groups in total. The van der Waals surface area contributed by atoms with Gasteiger partial charge in [0.1, 0.15) is 11.8 Å². The first kappa shape index (κ1) is 24.9. The lowest BCUT2D eigenvalue weighted by Crippen LogP contribution is -2.39. The summed E-state index contributed by atoms with van der Waals surface area (Å²) in [7, 11) is 0. The van der Waals surface area contributed by atoms with Crippen LogP contribution in [0.5, 0.6) is 0 Å². The lowest BCUT2D eigenvalue weighted by atomic mass is 10.1. The van der Waals surface area contributed by atoms with Gasteiger partial charge < -0.3 is 20.3 Å². The van der Waals surface area contributed by atoms with Crippen LogP contribution in [0.3, 0.4) is 0 Å². The van der Waals surface area contributed by atoms with Gasteiger partial charge in [-0.3, -0.25) is 4.79 Å². The van der Waals surface area contributed by atoms with E-state index in [1.807, 2.05) is 42.5 Å². The van der Waals surface area contributed by atoms with Gasteiger partial charge >= 0.3 is 17.9 Å². The van der Waals surface area contributed by atoms with Crippen LogP contribution in [0.15, 0.2) is 72.9 Å². The van der Waals surface area contributed by atoms with Gasteiger partial charge in [0.25, 0.3) is 0 Å². The molecular formula is C25H19F4N3O4. The first-order valence-electron chi connectivity index (χ1n) is 10.7. The highest BCUT2D eigenvalue weighted by Crippen LogP contribution is 2.31. The van der Waals surface area contributed by atoms with Crippen LogP contribution in [0.2, 0.25) is 0 Å². The second-order valence-electron chi connectivity index (χ2n) is 8.02. The van der Waals surface area contributed by atoms with Crippen LogP contribution in [0.4, 0.5) is 17.6 Å². The van der Waals surface area contributed by atoms with Crippen molar-refractivity contribution in [3.8, 4) is 11.3 Å². The van der Waals surface area contributed by atoms with Gasteiger partial charge in [-0.15, -0.1) is 0 Å². The largest absolute Gasteiger partial charge is 0.542 e. The van der Waals surface area contributed by atoms with Crippen LogP contribution in [0.25, 0.3) is 16.8 Å². The van der Waals surface area contributed by atoms with Gasteiger partial charge in [0, 0.05) is 12.0 Å². The summed E-state index contributed by atoms with van der Waals surface area (Å²) in [6.07, 6.45) is -3.55. The molecule has 0 unspecified atom stereocenters. The Morgan fingerprint density at radius 2 is 1.67 bits per heavy atom. The number of rotatable bonds is 3. The lowest BCUT2D eigenvalue weighted by Gasteiger charge is -2.16. The number of aliphatic carboxylic acids is 1. The quantitative estimate of drug-likeness (QED) is 0.296. The van der Waals surface area contributed by atoms with E-state index in [9.17, 15) is 27.5 Å². The third kappa shape index (κ3) is 5.05. The topological polar surface area (TPSA) is 109 Å². The van der Waals surface area contributed by atoms with E-state index in [4.69, 9.17) is 9.90 Å². The number of carbonyl (C=O) groups is 2. The normalized spacial score (nSPS) is 16.7. The number of carbonyl (C=O) groups excluding carboxylic acids is 2. The number of carboxylic acid groups (broad SMARTS) is 1. The van der Waals surface area contributed by atoms with Crippen molar-refractivity contribution in [2.45, 2.75) is 24.7 Å². The summed E-state index contributed by atoms with van der Waals surface area (Å²) in [6.45, 7) is 0. The molecule has 2 heterocycles. The Kier molecular flexibility index (Phi) is 6.75. The molecule has 1 amide bonds. The van der Waals surface area contributed by atoms with Crippen molar-refractivity contribution >= 4 is 17.4 Å². The predicted molar refractivity (Wildman–Crippen MR) is 117 cm³/mol. The number of benzene rings is 2. The molecule has 1 aliphatic carbocycles. The molecule has 0 radical (unpaired) electrons.